The van der Waals surface area contributed by atoms with Crippen molar-refractivity contribution in [3.8, 4) is 0 Å². The first kappa shape index (κ1) is 10.6. The molecule has 4 nitrogen and oxygen atoms in total. The number of methoxy groups -OCH3 is 1. The molecule has 1 aliphatic rings. The van der Waals surface area contributed by atoms with E-state index in [1.165, 1.54) is 12.8 Å². The van der Waals surface area contributed by atoms with Gasteiger partial charge in [0.15, 0.2) is 0 Å². The molecule has 1 saturated carbocycles. The summed E-state index contributed by atoms with van der Waals surface area (Å²) < 4.78 is 10.6. The van der Waals surface area contributed by atoms with Gasteiger partial charge in [0.25, 0.3) is 0 Å². The minimum absolute atomic E-state index is 0.446. The first-order valence-electron chi connectivity index (χ1n) is 5.43. The summed E-state index contributed by atoms with van der Waals surface area (Å²) in [7, 11) is 1.74. The largest absolute Gasteiger partial charge is 0.445 e. The number of aryl methyl sites for hydroxylation is 1. The molecule has 1 aromatic rings. The summed E-state index contributed by atoms with van der Waals surface area (Å²) in [5, 5.41) is 3.43. The van der Waals surface area contributed by atoms with Gasteiger partial charge in [0.05, 0.1) is 19.3 Å². The molecule has 0 bridgehead atoms. The highest BCUT2D eigenvalue weighted by molar-refractivity contribution is 4.92. The Morgan fingerprint density at radius 2 is 2.47 bits per heavy atom. The second-order valence-corrected chi connectivity index (χ2v) is 4.14. The molecule has 0 amide bonds. The lowest BCUT2D eigenvalue weighted by molar-refractivity contribution is 0.155. The van der Waals surface area contributed by atoms with Crippen LogP contribution in [-0.4, -0.2) is 24.7 Å². The van der Waals surface area contributed by atoms with Gasteiger partial charge in [-0.3, -0.25) is 0 Å². The zero-order valence-electron chi connectivity index (χ0n) is 9.32. The van der Waals surface area contributed by atoms with E-state index in [-0.39, 0.29) is 0 Å². The predicted molar refractivity (Wildman–Crippen MR) is 56.5 cm³/mol. The molecule has 2 rings (SSSR count). The van der Waals surface area contributed by atoms with Crippen LogP contribution in [0.3, 0.4) is 0 Å². The summed E-state index contributed by atoms with van der Waals surface area (Å²) in [6.45, 7) is 3.37. The van der Waals surface area contributed by atoms with Crippen molar-refractivity contribution in [2.24, 2.45) is 5.92 Å². The van der Waals surface area contributed by atoms with E-state index in [1.54, 1.807) is 13.3 Å². The minimum Gasteiger partial charge on any atom is -0.445 e. The fraction of sp³-hybridized carbons (Fsp3) is 0.727. The normalized spacial score (nSPS) is 18.0. The summed E-state index contributed by atoms with van der Waals surface area (Å²) in [5.41, 5.74) is 0. The molecule has 0 spiro atoms. The van der Waals surface area contributed by atoms with Gasteiger partial charge in [-0.25, -0.2) is 4.98 Å². The topological polar surface area (TPSA) is 47.3 Å². The van der Waals surface area contributed by atoms with Gasteiger partial charge < -0.3 is 14.5 Å². The molecule has 4 heteroatoms. The van der Waals surface area contributed by atoms with E-state index >= 15 is 0 Å². The molecular weight excluding hydrogens is 192 g/mol. The molecule has 0 saturated heterocycles. The van der Waals surface area contributed by atoms with Crippen molar-refractivity contribution in [2.75, 3.05) is 13.7 Å². The number of hydrogen-bond acceptors (Lipinski definition) is 4. The van der Waals surface area contributed by atoms with Gasteiger partial charge in [0.2, 0.25) is 5.89 Å². The number of ether oxygens (including phenoxy) is 1. The van der Waals surface area contributed by atoms with Crippen LogP contribution in [-0.2, 0) is 11.3 Å². The quantitative estimate of drug-likeness (QED) is 0.773. The molecule has 1 N–H and O–H groups in total. The fourth-order valence-corrected chi connectivity index (χ4v) is 1.74. The minimum atomic E-state index is 0.446. The first-order chi connectivity index (χ1) is 7.29. The molecule has 1 fully saturated rings. The maximum absolute atomic E-state index is 5.40. The molecule has 84 valence electrons. The molecule has 0 aromatic carbocycles. The van der Waals surface area contributed by atoms with Gasteiger partial charge >= 0.3 is 0 Å². The summed E-state index contributed by atoms with van der Waals surface area (Å²) >= 11 is 0. The van der Waals surface area contributed by atoms with E-state index in [0.29, 0.717) is 12.6 Å². The van der Waals surface area contributed by atoms with Crippen LogP contribution in [0.4, 0.5) is 0 Å². The summed E-state index contributed by atoms with van der Waals surface area (Å²) in [6.07, 6.45) is 4.37. The van der Waals surface area contributed by atoms with Gasteiger partial charge in [-0.1, -0.05) is 0 Å². The summed E-state index contributed by atoms with van der Waals surface area (Å²) in [5.74, 6) is 2.40. The molecular formula is C11H18N2O2. The van der Waals surface area contributed by atoms with E-state index < -0.39 is 0 Å². The number of nitrogens with zero attached hydrogens (tertiary/aromatic N) is 1. The average molecular weight is 210 g/mol. The van der Waals surface area contributed by atoms with Gasteiger partial charge in [-0.05, 0) is 25.7 Å². The third kappa shape index (κ3) is 3.04. The van der Waals surface area contributed by atoms with Crippen molar-refractivity contribution >= 4 is 0 Å². The highest BCUT2D eigenvalue weighted by Crippen LogP contribution is 2.32. The van der Waals surface area contributed by atoms with Gasteiger partial charge in [-0.15, -0.1) is 0 Å². The highest BCUT2D eigenvalue weighted by Gasteiger charge is 2.30. The number of hydrogen-bond donors (Lipinski definition) is 1. The van der Waals surface area contributed by atoms with E-state index in [0.717, 1.165) is 24.2 Å². The Morgan fingerprint density at radius 1 is 1.67 bits per heavy atom. The zero-order chi connectivity index (χ0) is 10.7. The van der Waals surface area contributed by atoms with Crippen LogP contribution < -0.4 is 5.32 Å². The van der Waals surface area contributed by atoms with Crippen LogP contribution >= 0.6 is 0 Å². The van der Waals surface area contributed by atoms with Crippen molar-refractivity contribution in [3.63, 3.8) is 0 Å². The van der Waals surface area contributed by atoms with E-state index in [1.807, 2.05) is 6.92 Å². The second kappa shape index (κ2) is 4.77. The SMILES string of the molecule is COCC(NCc1ncc(C)o1)C1CC1. The van der Waals surface area contributed by atoms with Crippen molar-refractivity contribution in [2.45, 2.75) is 32.4 Å². The lowest BCUT2D eigenvalue weighted by Gasteiger charge is -2.15. The van der Waals surface area contributed by atoms with E-state index in [9.17, 15) is 0 Å². The van der Waals surface area contributed by atoms with Crippen LogP contribution in [0.2, 0.25) is 0 Å². The van der Waals surface area contributed by atoms with Crippen molar-refractivity contribution in [1.29, 1.82) is 0 Å². The maximum atomic E-state index is 5.40. The lowest BCUT2D eigenvalue weighted by Crippen LogP contribution is -2.34. The maximum Gasteiger partial charge on any atom is 0.208 e. The van der Waals surface area contributed by atoms with Gasteiger partial charge in [0.1, 0.15) is 5.76 Å². The summed E-state index contributed by atoms with van der Waals surface area (Å²) in [6, 6.07) is 0.446. The van der Waals surface area contributed by atoms with Crippen molar-refractivity contribution in [1.82, 2.24) is 10.3 Å². The Bertz CT molecular complexity index is 307. The van der Waals surface area contributed by atoms with Gasteiger partial charge in [-0.2, -0.15) is 0 Å². The van der Waals surface area contributed by atoms with Gasteiger partial charge in [0, 0.05) is 13.2 Å². The van der Waals surface area contributed by atoms with Crippen LogP contribution in [0, 0.1) is 12.8 Å². The number of aromatic nitrogens is 1. The number of nitrogens with one attached hydrogen (secondary N) is 1. The highest BCUT2D eigenvalue weighted by atomic mass is 16.5. The molecule has 1 aliphatic carbocycles. The molecule has 1 unspecified atom stereocenters. The Kier molecular flexibility index (Phi) is 3.38. The van der Waals surface area contributed by atoms with Crippen LogP contribution in [0.1, 0.15) is 24.5 Å². The van der Waals surface area contributed by atoms with Crippen LogP contribution in [0.25, 0.3) is 0 Å². The van der Waals surface area contributed by atoms with E-state index in [2.05, 4.69) is 10.3 Å². The Morgan fingerprint density at radius 3 is 3.00 bits per heavy atom. The van der Waals surface area contributed by atoms with Crippen molar-refractivity contribution < 1.29 is 9.15 Å². The van der Waals surface area contributed by atoms with Crippen LogP contribution in [0.5, 0.6) is 0 Å². The molecule has 15 heavy (non-hydrogen) atoms. The molecule has 1 atom stereocenters. The number of rotatable bonds is 6. The predicted octanol–water partition coefficient (Wildman–Crippen LogP) is 1.50. The Labute approximate surface area is 90.0 Å². The smallest absolute Gasteiger partial charge is 0.208 e. The first-order valence-corrected chi connectivity index (χ1v) is 5.43. The third-order valence-electron chi connectivity index (χ3n) is 2.72. The van der Waals surface area contributed by atoms with Crippen molar-refractivity contribution in [3.05, 3.63) is 17.8 Å². The van der Waals surface area contributed by atoms with Crippen LogP contribution in [0.15, 0.2) is 10.6 Å². The summed E-state index contributed by atoms with van der Waals surface area (Å²) in [4.78, 5) is 4.16. The third-order valence-corrected chi connectivity index (χ3v) is 2.72. The molecule has 0 radical (unpaired) electrons. The van der Waals surface area contributed by atoms with E-state index in [4.69, 9.17) is 9.15 Å². The Hall–Kier alpha value is -0.870. The monoisotopic (exact) mass is 210 g/mol. The fourth-order valence-electron chi connectivity index (χ4n) is 1.74. The molecule has 0 aliphatic heterocycles. The zero-order valence-corrected chi connectivity index (χ0v) is 9.32. The molecule has 1 heterocycles. The molecule has 1 aromatic heterocycles. The second-order valence-electron chi connectivity index (χ2n) is 4.14. The standard InChI is InChI=1S/C11H18N2O2/c1-8-5-13-11(15-8)6-12-10(7-14-2)9-3-4-9/h5,9-10,12H,3-4,6-7H2,1-2H3. The average Bonchev–Trinajstić information content (AvgIpc) is 2.97. The Balaban J connectivity index is 1.79. The lowest BCUT2D eigenvalue weighted by atomic mass is 10.2. The number of oxazole rings is 1.